The van der Waals surface area contributed by atoms with E-state index in [-0.39, 0.29) is 11.7 Å². The Morgan fingerprint density at radius 2 is 1.75 bits per heavy atom. The number of pyridine rings is 1. The number of halogens is 1. The van der Waals surface area contributed by atoms with Crippen molar-refractivity contribution in [1.29, 1.82) is 0 Å². The van der Waals surface area contributed by atoms with Crippen molar-refractivity contribution in [3.05, 3.63) is 103 Å². The molecule has 0 spiro atoms. The maximum atomic E-state index is 14.3. The van der Waals surface area contributed by atoms with Gasteiger partial charge in [-0.1, -0.05) is 30.3 Å². The lowest BCUT2D eigenvalue weighted by Crippen LogP contribution is -2.28. The van der Waals surface area contributed by atoms with Gasteiger partial charge in [0.1, 0.15) is 17.2 Å². The second kappa shape index (κ2) is 12.1. The number of rotatable bonds is 10. The Labute approximate surface area is 212 Å². The van der Waals surface area contributed by atoms with Crippen LogP contribution in [0.15, 0.2) is 96.2 Å². The Morgan fingerprint density at radius 3 is 2.53 bits per heavy atom. The fraction of sp³-hybridized carbons (Fsp3) is 0.111. The van der Waals surface area contributed by atoms with E-state index in [1.807, 2.05) is 18.2 Å². The number of nitrogens with zero attached hydrogens (tertiary/aromatic N) is 1. The first kappa shape index (κ1) is 25.0. The smallest absolute Gasteiger partial charge is 0.251 e. The van der Waals surface area contributed by atoms with Gasteiger partial charge in [0, 0.05) is 48.4 Å². The lowest BCUT2D eigenvalue weighted by Gasteiger charge is -2.16. The van der Waals surface area contributed by atoms with Crippen molar-refractivity contribution in [3.8, 4) is 16.9 Å². The van der Waals surface area contributed by atoms with Gasteiger partial charge < -0.3 is 19.9 Å². The maximum absolute atomic E-state index is 14.3. The van der Waals surface area contributed by atoms with Crippen molar-refractivity contribution in [2.24, 2.45) is 0 Å². The van der Waals surface area contributed by atoms with Crippen LogP contribution in [0.5, 0.6) is 5.75 Å². The van der Waals surface area contributed by atoms with Crippen LogP contribution in [-0.2, 0) is 11.4 Å². The summed E-state index contributed by atoms with van der Waals surface area (Å²) in [5.41, 5.74) is 2.98. The molecule has 184 valence electrons. The number of nitrogens with one attached hydrogen (secondary N) is 3. The molecule has 0 aliphatic heterocycles. The fourth-order valence-electron chi connectivity index (χ4n) is 3.53. The van der Waals surface area contributed by atoms with E-state index in [9.17, 15) is 13.7 Å². The predicted molar refractivity (Wildman–Crippen MR) is 140 cm³/mol. The van der Waals surface area contributed by atoms with E-state index in [1.54, 1.807) is 67.0 Å². The quantitative estimate of drug-likeness (QED) is 0.211. The normalized spacial score (nSPS) is 11.4. The summed E-state index contributed by atoms with van der Waals surface area (Å²) in [7, 11) is 1.50. The zero-order valence-electron chi connectivity index (χ0n) is 19.5. The third kappa shape index (κ3) is 6.32. The van der Waals surface area contributed by atoms with Gasteiger partial charge in [-0.05, 0) is 48.0 Å². The van der Waals surface area contributed by atoms with Gasteiger partial charge in [-0.2, -0.15) is 0 Å². The average Bonchev–Trinajstić information content (AvgIpc) is 2.91. The van der Waals surface area contributed by atoms with Crippen LogP contribution < -0.4 is 20.1 Å². The minimum Gasteiger partial charge on any atom is -0.588 e. The number of anilines is 2. The molecule has 3 N–H and O–H groups in total. The first-order chi connectivity index (χ1) is 17.5. The molecular weight excluding hydrogens is 479 g/mol. The minimum atomic E-state index is -1.67. The molecule has 7 nitrogen and oxygen atoms in total. The molecular formula is C27H25FN4O3S. The summed E-state index contributed by atoms with van der Waals surface area (Å²) >= 11 is -1.67. The van der Waals surface area contributed by atoms with Gasteiger partial charge in [-0.15, -0.1) is 0 Å². The zero-order chi connectivity index (χ0) is 25.3. The highest BCUT2D eigenvalue weighted by Crippen LogP contribution is 2.32. The Morgan fingerprint density at radius 1 is 0.972 bits per heavy atom. The summed E-state index contributed by atoms with van der Waals surface area (Å²) < 4.78 is 35.9. The second-order valence-corrected chi connectivity index (χ2v) is 8.90. The van der Waals surface area contributed by atoms with Crippen LogP contribution >= 0.6 is 0 Å². The number of hydrogen-bond acceptors (Lipinski definition) is 6. The lowest BCUT2D eigenvalue weighted by atomic mass is 10.1. The summed E-state index contributed by atoms with van der Waals surface area (Å²) in [6.45, 7) is 0.923. The maximum Gasteiger partial charge on any atom is 0.251 e. The molecule has 1 unspecified atom stereocenters. The molecule has 4 aromatic rings. The highest BCUT2D eigenvalue weighted by molar-refractivity contribution is 7.92. The summed E-state index contributed by atoms with van der Waals surface area (Å²) in [4.78, 5) is 16.4. The Bertz CT molecular complexity index is 1320. The first-order valence-corrected chi connectivity index (χ1v) is 12.3. The molecule has 36 heavy (non-hydrogen) atoms. The van der Waals surface area contributed by atoms with E-state index in [2.05, 4.69) is 20.3 Å². The van der Waals surface area contributed by atoms with Crippen LogP contribution in [0, 0.1) is 5.82 Å². The van der Waals surface area contributed by atoms with Gasteiger partial charge in [0.25, 0.3) is 5.91 Å². The van der Waals surface area contributed by atoms with Crippen molar-refractivity contribution in [2.45, 2.75) is 4.90 Å². The molecule has 3 aromatic carbocycles. The monoisotopic (exact) mass is 504 g/mol. The molecule has 4 rings (SSSR count). The molecule has 0 radical (unpaired) electrons. The van der Waals surface area contributed by atoms with Crippen molar-refractivity contribution < 1.29 is 18.5 Å². The first-order valence-electron chi connectivity index (χ1n) is 11.2. The van der Waals surface area contributed by atoms with E-state index in [1.165, 1.54) is 13.2 Å². The highest BCUT2D eigenvalue weighted by Gasteiger charge is 2.20. The van der Waals surface area contributed by atoms with Crippen molar-refractivity contribution >= 4 is 28.6 Å². The number of methoxy groups -OCH3 is 1. The van der Waals surface area contributed by atoms with E-state index < -0.39 is 11.4 Å². The standard InChI is InChI=1S/C27H25FN4O3S/c1-35-25-10-9-20(23-7-2-3-8-24(23)28)17-26(25)36(34)32-22-6-4-5-21(18-22)30-15-16-31-27(33)19-11-13-29-14-12-19/h2-14,17-18,30,32H,15-16H2,1H3,(H,31,33). The Balaban J connectivity index is 1.39. The largest absolute Gasteiger partial charge is 0.588 e. The molecule has 0 saturated heterocycles. The average molecular weight is 505 g/mol. The SMILES string of the molecule is COc1ccc(-c2ccccc2F)cc1[S+]([O-])Nc1cccc(NCCNC(=O)c2ccncc2)c1. The summed E-state index contributed by atoms with van der Waals surface area (Å²) in [6.07, 6.45) is 3.14. The number of ether oxygens (including phenoxy) is 1. The Hall–Kier alpha value is -4.08. The van der Waals surface area contributed by atoms with Crippen LogP contribution in [0.25, 0.3) is 11.1 Å². The van der Waals surface area contributed by atoms with Gasteiger partial charge in [0.2, 0.25) is 4.90 Å². The third-order valence-electron chi connectivity index (χ3n) is 5.30. The van der Waals surface area contributed by atoms with Gasteiger partial charge >= 0.3 is 0 Å². The lowest BCUT2D eigenvalue weighted by molar-refractivity contribution is 0.0955. The van der Waals surface area contributed by atoms with Crippen LogP contribution in [0.3, 0.4) is 0 Å². The molecule has 0 aliphatic carbocycles. The summed E-state index contributed by atoms with van der Waals surface area (Å²) in [5.74, 6) is -0.0974. The number of hydrogen-bond donors (Lipinski definition) is 3. The van der Waals surface area contributed by atoms with Crippen LogP contribution in [-0.4, -0.2) is 35.6 Å². The number of carbonyl (C=O) groups is 1. The number of benzene rings is 3. The number of amides is 1. The van der Waals surface area contributed by atoms with Gasteiger partial charge in [0.15, 0.2) is 5.75 Å². The number of carbonyl (C=O) groups excluding carboxylic acids is 1. The molecule has 1 atom stereocenters. The number of aromatic nitrogens is 1. The van der Waals surface area contributed by atoms with E-state index in [0.29, 0.717) is 46.1 Å². The molecule has 0 saturated carbocycles. The summed E-state index contributed by atoms with van der Waals surface area (Å²) in [6, 6.07) is 22.1. The fourth-order valence-corrected chi connectivity index (χ4v) is 4.55. The predicted octanol–water partition coefficient (Wildman–Crippen LogP) is 4.87. The van der Waals surface area contributed by atoms with Crippen LogP contribution in [0.2, 0.25) is 0 Å². The van der Waals surface area contributed by atoms with Crippen LogP contribution in [0.1, 0.15) is 10.4 Å². The van der Waals surface area contributed by atoms with Gasteiger partial charge in [-0.3, -0.25) is 9.78 Å². The van der Waals surface area contributed by atoms with E-state index in [0.717, 1.165) is 5.69 Å². The topological polar surface area (TPSA) is 98.3 Å². The zero-order valence-corrected chi connectivity index (χ0v) is 20.3. The second-order valence-electron chi connectivity index (χ2n) is 7.72. The van der Waals surface area contributed by atoms with E-state index in [4.69, 9.17) is 4.74 Å². The van der Waals surface area contributed by atoms with Crippen molar-refractivity contribution in [1.82, 2.24) is 10.3 Å². The molecule has 1 amide bonds. The molecule has 9 heteroatoms. The molecule has 0 bridgehead atoms. The summed E-state index contributed by atoms with van der Waals surface area (Å²) in [5, 5.41) is 6.07. The minimum absolute atomic E-state index is 0.170. The molecule has 1 aromatic heterocycles. The molecule has 1 heterocycles. The van der Waals surface area contributed by atoms with E-state index >= 15 is 0 Å². The molecule has 0 aliphatic rings. The van der Waals surface area contributed by atoms with Gasteiger partial charge in [0.05, 0.1) is 12.8 Å². The van der Waals surface area contributed by atoms with Crippen LogP contribution in [0.4, 0.5) is 15.8 Å². The highest BCUT2D eigenvalue weighted by atomic mass is 32.2. The Kier molecular flexibility index (Phi) is 8.38. The molecule has 0 fully saturated rings. The van der Waals surface area contributed by atoms with Crippen molar-refractivity contribution in [2.75, 3.05) is 30.2 Å². The van der Waals surface area contributed by atoms with Gasteiger partial charge in [-0.25, -0.2) is 9.11 Å². The van der Waals surface area contributed by atoms with Crippen molar-refractivity contribution in [3.63, 3.8) is 0 Å². The third-order valence-corrected chi connectivity index (χ3v) is 6.44.